The lowest BCUT2D eigenvalue weighted by molar-refractivity contribution is -0.116. The number of carbonyl (C=O) groups excluding carboxylic acids is 1. The molecule has 3 nitrogen and oxygen atoms in total. The molecule has 2 aromatic rings. The summed E-state index contributed by atoms with van der Waals surface area (Å²) in [5.74, 6) is 0.0128. The third-order valence-electron chi connectivity index (χ3n) is 2.85. The predicted molar refractivity (Wildman–Crippen MR) is 83.5 cm³/mol. The quantitative estimate of drug-likeness (QED) is 0.810. The van der Waals surface area contributed by atoms with Crippen LogP contribution in [0.1, 0.15) is 19.8 Å². The van der Waals surface area contributed by atoms with Gasteiger partial charge in [-0.3, -0.25) is 9.79 Å². The summed E-state index contributed by atoms with van der Waals surface area (Å²) in [6, 6.07) is 19.2. The van der Waals surface area contributed by atoms with Gasteiger partial charge < -0.3 is 5.32 Å². The van der Waals surface area contributed by atoms with Crippen LogP contribution in [0.2, 0.25) is 0 Å². The molecule has 0 heterocycles. The van der Waals surface area contributed by atoms with E-state index in [1.165, 1.54) is 0 Å². The SMILES string of the molecule is CC(CCC(=O)Nc1ccccc1)=Nc1ccccc1. The fourth-order valence-electron chi connectivity index (χ4n) is 1.82. The second kappa shape index (κ2) is 7.24. The zero-order valence-electron chi connectivity index (χ0n) is 11.5. The minimum Gasteiger partial charge on any atom is -0.326 e. The molecular formula is C17H18N2O. The Balaban J connectivity index is 1.83. The maximum absolute atomic E-state index is 11.8. The lowest BCUT2D eigenvalue weighted by Gasteiger charge is -2.05. The highest BCUT2D eigenvalue weighted by Crippen LogP contribution is 2.12. The Morgan fingerprint density at radius 3 is 2.20 bits per heavy atom. The van der Waals surface area contributed by atoms with Gasteiger partial charge in [0.15, 0.2) is 0 Å². The van der Waals surface area contributed by atoms with Gasteiger partial charge in [-0.25, -0.2) is 0 Å². The van der Waals surface area contributed by atoms with Crippen molar-refractivity contribution in [3.05, 3.63) is 60.7 Å². The molecule has 0 saturated heterocycles. The zero-order valence-corrected chi connectivity index (χ0v) is 11.5. The average Bonchev–Trinajstić information content (AvgIpc) is 2.47. The topological polar surface area (TPSA) is 41.5 Å². The Kier molecular flexibility index (Phi) is 5.07. The third kappa shape index (κ3) is 4.69. The van der Waals surface area contributed by atoms with Crippen molar-refractivity contribution < 1.29 is 4.79 Å². The van der Waals surface area contributed by atoms with E-state index in [0.717, 1.165) is 17.1 Å². The van der Waals surface area contributed by atoms with Crippen LogP contribution in [0.3, 0.4) is 0 Å². The summed E-state index contributed by atoms with van der Waals surface area (Å²) in [4.78, 5) is 16.3. The van der Waals surface area contributed by atoms with Crippen LogP contribution in [0.25, 0.3) is 0 Å². The van der Waals surface area contributed by atoms with Gasteiger partial charge in [0, 0.05) is 17.8 Å². The lowest BCUT2D eigenvalue weighted by Crippen LogP contribution is -2.12. The molecule has 0 atom stereocenters. The minimum atomic E-state index is 0.0128. The van der Waals surface area contributed by atoms with Gasteiger partial charge in [-0.05, 0) is 37.6 Å². The number of rotatable bonds is 5. The molecule has 2 aromatic carbocycles. The molecule has 0 aromatic heterocycles. The van der Waals surface area contributed by atoms with Crippen molar-refractivity contribution >= 4 is 23.0 Å². The molecule has 0 aliphatic heterocycles. The highest BCUT2D eigenvalue weighted by molar-refractivity contribution is 5.94. The van der Waals surface area contributed by atoms with Crippen molar-refractivity contribution in [3.8, 4) is 0 Å². The Morgan fingerprint density at radius 1 is 0.950 bits per heavy atom. The van der Waals surface area contributed by atoms with Crippen LogP contribution in [0.4, 0.5) is 11.4 Å². The number of para-hydroxylation sites is 2. The lowest BCUT2D eigenvalue weighted by atomic mass is 10.2. The van der Waals surface area contributed by atoms with Crippen molar-refractivity contribution in [2.24, 2.45) is 4.99 Å². The molecular weight excluding hydrogens is 248 g/mol. The fraction of sp³-hybridized carbons (Fsp3) is 0.176. The highest BCUT2D eigenvalue weighted by atomic mass is 16.1. The van der Waals surface area contributed by atoms with Crippen molar-refractivity contribution in [2.75, 3.05) is 5.32 Å². The van der Waals surface area contributed by atoms with Crippen molar-refractivity contribution in [1.29, 1.82) is 0 Å². The van der Waals surface area contributed by atoms with Crippen molar-refractivity contribution in [2.45, 2.75) is 19.8 Å². The number of nitrogens with one attached hydrogen (secondary N) is 1. The number of benzene rings is 2. The molecule has 0 bridgehead atoms. The summed E-state index contributed by atoms with van der Waals surface area (Å²) < 4.78 is 0. The Bertz CT molecular complexity index is 576. The van der Waals surface area contributed by atoms with E-state index in [1.54, 1.807) is 0 Å². The predicted octanol–water partition coefficient (Wildman–Crippen LogP) is 4.20. The van der Waals surface area contributed by atoms with E-state index in [2.05, 4.69) is 10.3 Å². The minimum absolute atomic E-state index is 0.0128. The number of hydrogen-bond acceptors (Lipinski definition) is 2. The van der Waals surface area contributed by atoms with E-state index in [9.17, 15) is 4.79 Å². The number of hydrogen-bond donors (Lipinski definition) is 1. The molecule has 3 heteroatoms. The molecule has 0 saturated carbocycles. The molecule has 0 unspecified atom stereocenters. The number of aliphatic imine (C=N–C) groups is 1. The van der Waals surface area contributed by atoms with Gasteiger partial charge in [-0.1, -0.05) is 36.4 Å². The normalized spacial score (nSPS) is 11.2. The van der Waals surface area contributed by atoms with Gasteiger partial charge in [0.05, 0.1) is 5.69 Å². The second-order valence-electron chi connectivity index (χ2n) is 4.60. The molecule has 0 spiro atoms. The molecule has 20 heavy (non-hydrogen) atoms. The Morgan fingerprint density at radius 2 is 1.55 bits per heavy atom. The van der Waals surface area contributed by atoms with Crippen LogP contribution in [-0.2, 0) is 4.79 Å². The largest absolute Gasteiger partial charge is 0.326 e. The van der Waals surface area contributed by atoms with Crippen molar-refractivity contribution in [1.82, 2.24) is 0 Å². The summed E-state index contributed by atoms with van der Waals surface area (Å²) in [5, 5.41) is 2.87. The van der Waals surface area contributed by atoms with Gasteiger partial charge in [0.25, 0.3) is 0 Å². The summed E-state index contributed by atoms with van der Waals surface area (Å²) in [6.07, 6.45) is 1.10. The maximum atomic E-state index is 11.8. The molecule has 0 fully saturated rings. The Hall–Kier alpha value is -2.42. The zero-order chi connectivity index (χ0) is 14.2. The first kappa shape index (κ1) is 14.0. The molecule has 0 aliphatic carbocycles. The van der Waals surface area contributed by atoms with Crippen LogP contribution >= 0.6 is 0 Å². The smallest absolute Gasteiger partial charge is 0.224 e. The van der Waals surface area contributed by atoms with Gasteiger partial charge in [-0.2, -0.15) is 0 Å². The van der Waals surface area contributed by atoms with E-state index in [1.807, 2.05) is 67.6 Å². The fourth-order valence-corrected chi connectivity index (χ4v) is 1.82. The monoisotopic (exact) mass is 266 g/mol. The summed E-state index contributed by atoms with van der Waals surface area (Å²) in [5.41, 5.74) is 2.71. The van der Waals surface area contributed by atoms with Gasteiger partial charge in [0.1, 0.15) is 0 Å². The molecule has 0 aliphatic rings. The average molecular weight is 266 g/mol. The molecule has 102 valence electrons. The number of amides is 1. The van der Waals surface area contributed by atoms with Crippen LogP contribution in [0.15, 0.2) is 65.7 Å². The van der Waals surface area contributed by atoms with E-state index in [0.29, 0.717) is 12.8 Å². The molecule has 1 N–H and O–H groups in total. The maximum Gasteiger partial charge on any atom is 0.224 e. The van der Waals surface area contributed by atoms with Crippen molar-refractivity contribution in [3.63, 3.8) is 0 Å². The molecule has 0 radical (unpaired) electrons. The third-order valence-corrected chi connectivity index (χ3v) is 2.85. The molecule has 2 rings (SSSR count). The van der Waals surface area contributed by atoms with E-state index >= 15 is 0 Å². The summed E-state index contributed by atoms with van der Waals surface area (Å²) in [7, 11) is 0. The number of anilines is 1. The first-order valence-corrected chi connectivity index (χ1v) is 6.68. The van der Waals surface area contributed by atoms with Crippen LogP contribution in [0, 0.1) is 0 Å². The summed E-state index contributed by atoms with van der Waals surface area (Å²) in [6.45, 7) is 1.95. The van der Waals surface area contributed by atoms with Gasteiger partial charge in [-0.15, -0.1) is 0 Å². The van der Waals surface area contributed by atoms with Crippen LogP contribution < -0.4 is 5.32 Å². The van der Waals surface area contributed by atoms with E-state index in [-0.39, 0.29) is 5.91 Å². The number of carbonyl (C=O) groups is 1. The summed E-state index contributed by atoms with van der Waals surface area (Å²) >= 11 is 0. The number of nitrogens with zero attached hydrogens (tertiary/aromatic N) is 1. The highest BCUT2D eigenvalue weighted by Gasteiger charge is 2.03. The van der Waals surface area contributed by atoms with E-state index < -0.39 is 0 Å². The van der Waals surface area contributed by atoms with E-state index in [4.69, 9.17) is 0 Å². The Labute approximate surface area is 119 Å². The van der Waals surface area contributed by atoms with Crippen LogP contribution in [-0.4, -0.2) is 11.6 Å². The van der Waals surface area contributed by atoms with Gasteiger partial charge >= 0.3 is 0 Å². The molecule has 1 amide bonds. The second-order valence-corrected chi connectivity index (χ2v) is 4.60. The first-order valence-electron chi connectivity index (χ1n) is 6.68. The van der Waals surface area contributed by atoms with Crippen LogP contribution in [0.5, 0.6) is 0 Å². The van der Waals surface area contributed by atoms with Gasteiger partial charge in [0.2, 0.25) is 5.91 Å². The standard InChI is InChI=1S/C17H18N2O/c1-14(18-15-8-4-2-5-9-15)12-13-17(20)19-16-10-6-3-7-11-16/h2-11H,12-13H2,1H3,(H,19,20). The first-order chi connectivity index (χ1) is 9.74.